The predicted molar refractivity (Wildman–Crippen MR) is 94.1 cm³/mol. The van der Waals surface area contributed by atoms with E-state index in [9.17, 15) is 9.90 Å². The van der Waals surface area contributed by atoms with Gasteiger partial charge in [0.15, 0.2) is 0 Å². The van der Waals surface area contributed by atoms with Gasteiger partial charge in [-0.3, -0.25) is 9.80 Å². The minimum atomic E-state index is -0.838. The Balaban J connectivity index is 2.18. The Morgan fingerprint density at radius 2 is 2.09 bits per heavy atom. The molecule has 23 heavy (non-hydrogen) atoms. The first-order valence-corrected chi connectivity index (χ1v) is 8.64. The number of benzene rings is 1. The molecule has 2 rings (SSSR count). The zero-order valence-corrected chi connectivity index (χ0v) is 15.2. The monoisotopic (exact) mass is 338 g/mol. The fourth-order valence-corrected chi connectivity index (χ4v) is 3.93. The van der Waals surface area contributed by atoms with E-state index in [-0.39, 0.29) is 12.1 Å². The maximum absolute atomic E-state index is 11.7. The lowest BCUT2D eigenvalue weighted by Crippen LogP contribution is -2.52. The Labute approximate surface area is 144 Å². The van der Waals surface area contributed by atoms with Crippen LogP contribution in [0.15, 0.2) is 24.3 Å². The summed E-state index contributed by atoms with van der Waals surface area (Å²) in [6, 6.07) is 8.22. The van der Waals surface area contributed by atoms with Crippen LogP contribution >= 0.6 is 11.6 Å². The summed E-state index contributed by atoms with van der Waals surface area (Å²) in [7, 11) is 0. The van der Waals surface area contributed by atoms with Crippen LogP contribution in [-0.2, 0) is 0 Å². The van der Waals surface area contributed by atoms with E-state index in [1.807, 2.05) is 39.0 Å². The third-order valence-corrected chi connectivity index (χ3v) is 4.92. The molecule has 0 radical (unpaired) electrons. The van der Waals surface area contributed by atoms with Crippen LogP contribution in [0.5, 0.6) is 0 Å². The summed E-state index contributed by atoms with van der Waals surface area (Å²) in [6.45, 7) is 9.67. The van der Waals surface area contributed by atoms with E-state index in [4.69, 9.17) is 11.6 Å². The minimum Gasteiger partial charge on any atom is -0.465 e. The van der Waals surface area contributed by atoms with E-state index in [1.54, 1.807) is 4.90 Å². The van der Waals surface area contributed by atoms with Crippen molar-refractivity contribution in [1.82, 2.24) is 9.80 Å². The first-order valence-electron chi connectivity index (χ1n) is 8.26. The normalized spacial score (nSPS) is 20.5. The number of rotatable bonds is 4. The number of halogens is 1. The van der Waals surface area contributed by atoms with Crippen molar-refractivity contribution in [2.24, 2.45) is 0 Å². The third kappa shape index (κ3) is 3.99. The summed E-state index contributed by atoms with van der Waals surface area (Å²) in [5, 5.41) is 10.4. The van der Waals surface area contributed by atoms with Crippen molar-refractivity contribution < 1.29 is 9.90 Å². The first-order chi connectivity index (χ1) is 10.8. The van der Waals surface area contributed by atoms with Gasteiger partial charge in [-0.15, -0.1) is 0 Å². The molecule has 128 valence electrons. The molecule has 1 aliphatic rings. The molecule has 2 atom stereocenters. The summed E-state index contributed by atoms with van der Waals surface area (Å²) in [5.41, 5.74) is 0.744. The molecule has 0 bridgehead atoms. The van der Waals surface area contributed by atoms with Crippen molar-refractivity contribution in [2.75, 3.05) is 13.1 Å². The molecule has 1 aliphatic heterocycles. The van der Waals surface area contributed by atoms with Crippen LogP contribution < -0.4 is 0 Å². The van der Waals surface area contributed by atoms with Gasteiger partial charge in [-0.25, -0.2) is 4.79 Å². The van der Waals surface area contributed by atoms with Gasteiger partial charge in [-0.2, -0.15) is 0 Å². The molecular formula is C18H27ClN2O2. The number of carboxylic acid groups (broad SMARTS) is 1. The van der Waals surface area contributed by atoms with Crippen LogP contribution in [0.2, 0.25) is 5.02 Å². The number of nitrogens with zero attached hydrogens (tertiary/aromatic N) is 2. The van der Waals surface area contributed by atoms with E-state index in [1.165, 1.54) is 0 Å². The number of likely N-dealkylation sites (tertiary alicyclic amines) is 1. The van der Waals surface area contributed by atoms with Crippen LogP contribution in [0, 0.1) is 0 Å². The lowest BCUT2D eigenvalue weighted by atomic mass is 10.0. The maximum atomic E-state index is 11.7. The molecule has 4 nitrogen and oxygen atoms in total. The summed E-state index contributed by atoms with van der Waals surface area (Å²) < 4.78 is 0. The molecule has 5 heteroatoms. The zero-order chi connectivity index (χ0) is 17.2. The summed E-state index contributed by atoms with van der Waals surface area (Å²) in [4.78, 5) is 15.7. The average molecular weight is 339 g/mol. The van der Waals surface area contributed by atoms with Crippen molar-refractivity contribution in [1.29, 1.82) is 0 Å². The SMILES string of the molecule is CC[C@@H](c1ccccc1Cl)N1CC[C@H](N(C(=O)O)C(C)(C)C)C1. The number of carbonyl (C=O) groups is 1. The molecule has 0 aliphatic carbocycles. The second-order valence-electron chi connectivity index (χ2n) is 7.21. The van der Waals surface area contributed by atoms with Crippen molar-refractivity contribution >= 4 is 17.7 Å². The molecule has 0 saturated carbocycles. The molecule has 1 aromatic carbocycles. The Morgan fingerprint density at radius 1 is 1.43 bits per heavy atom. The van der Waals surface area contributed by atoms with Crippen molar-refractivity contribution in [2.45, 2.75) is 58.2 Å². The van der Waals surface area contributed by atoms with E-state index < -0.39 is 11.6 Å². The highest BCUT2D eigenvalue weighted by atomic mass is 35.5. The smallest absolute Gasteiger partial charge is 0.408 e. The van der Waals surface area contributed by atoms with Crippen molar-refractivity contribution in [3.05, 3.63) is 34.9 Å². The Kier molecular flexibility index (Phi) is 5.58. The molecule has 0 unspecified atom stereocenters. The van der Waals surface area contributed by atoms with Gasteiger partial charge in [0, 0.05) is 35.7 Å². The molecule has 1 saturated heterocycles. The van der Waals surface area contributed by atoms with Crippen molar-refractivity contribution in [3.8, 4) is 0 Å². The van der Waals surface area contributed by atoms with Gasteiger partial charge >= 0.3 is 6.09 Å². The molecule has 1 amide bonds. The number of hydrogen-bond acceptors (Lipinski definition) is 2. The molecule has 1 heterocycles. The summed E-state index contributed by atoms with van der Waals surface area (Å²) in [6.07, 6.45) is 0.985. The van der Waals surface area contributed by atoms with Gasteiger partial charge in [0.05, 0.1) is 0 Å². The Bertz CT molecular complexity index is 556. The second kappa shape index (κ2) is 7.10. The molecular weight excluding hydrogens is 312 g/mol. The first kappa shape index (κ1) is 18.1. The third-order valence-electron chi connectivity index (χ3n) is 4.58. The quantitative estimate of drug-likeness (QED) is 0.869. The van der Waals surface area contributed by atoms with Gasteiger partial charge in [0.1, 0.15) is 0 Å². The fourth-order valence-electron chi connectivity index (χ4n) is 3.67. The van der Waals surface area contributed by atoms with Gasteiger partial charge in [-0.05, 0) is 45.2 Å². The highest BCUT2D eigenvalue weighted by molar-refractivity contribution is 6.31. The molecule has 0 spiro atoms. The highest BCUT2D eigenvalue weighted by Gasteiger charge is 2.39. The zero-order valence-electron chi connectivity index (χ0n) is 14.4. The standard InChI is InChI=1S/C18H27ClN2O2/c1-5-16(14-8-6-7-9-15(14)19)20-11-10-13(12-20)21(17(22)23)18(2,3)4/h6-9,13,16H,5,10-12H2,1-4H3,(H,22,23)/t13-,16-/m0/s1. The molecule has 1 aromatic rings. The van der Waals surface area contributed by atoms with Gasteiger partial charge in [-0.1, -0.05) is 36.7 Å². The van der Waals surface area contributed by atoms with Crippen LogP contribution in [0.25, 0.3) is 0 Å². The lowest BCUT2D eigenvalue weighted by Gasteiger charge is -2.38. The largest absolute Gasteiger partial charge is 0.465 e. The van der Waals surface area contributed by atoms with Crippen LogP contribution in [0.3, 0.4) is 0 Å². The van der Waals surface area contributed by atoms with E-state index in [2.05, 4.69) is 17.9 Å². The average Bonchev–Trinajstić information content (AvgIpc) is 2.88. The maximum Gasteiger partial charge on any atom is 0.408 e. The minimum absolute atomic E-state index is 0.0315. The van der Waals surface area contributed by atoms with Crippen LogP contribution in [-0.4, -0.2) is 45.7 Å². The summed E-state index contributed by atoms with van der Waals surface area (Å²) >= 11 is 6.37. The second-order valence-corrected chi connectivity index (χ2v) is 7.61. The molecule has 1 N–H and O–H groups in total. The number of hydrogen-bond donors (Lipinski definition) is 1. The highest BCUT2D eigenvalue weighted by Crippen LogP contribution is 2.34. The van der Waals surface area contributed by atoms with Crippen LogP contribution in [0.4, 0.5) is 4.79 Å². The van der Waals surface area contributed by atoms with E-state index in [0.29, 0.717) is 0 Å². The van der Waals surface area contributed by atoms with Gasteiger partial charge in [0.2, 0.25) is 0 Å². The van der Waals surface area contributed by atoms with Crippen molar-refractivity contribution in [3.63, 3.8) is 0 Å². The van der Waals surface area contributed by atoms with Gasteiger partial charge < -0.3 is 5.11 Å². The van der Waals surface area contributed by atoms with Crippen LogP contribution in [0.1, 0.15) is 52.1 Å². The van der Waals surface area contributed by atoms with E-state index in [0.717, 1.165) is 36.5 Å². The molecule has 0 aromatic heterocycles. The fraction of sp³-hybridized carbons (Fsp3) is 0.611. The topological polar surface area (TPSA) is 43.8 Å². The van der Waals surface area contributed by atoms with E-state index >= 15 is 0 Å². The molecule has 1 fully saturated rings. The lowest BCUT2D eigenvalue weighted by molar-refractivity contribution is 0.0699. The Hall–Kier alpha value is -1.26. The predicted octanol–water partition coefficient (Wildman–Crippen LogP) is 4.64. The Morgan fingerprint density at radius 3 is 2.61 bits per heavy atom. The summed E-state index contributed by atoms with van der Waals surface area (Å²) in [5.74, 6) is 0. The number of amides is 1. The van der Waals surface area contributed by atoms with Gasteiger partial charge in [0.25, 0.3) is 0 Å².